The zero-order valence-corrected chi connectivity index (χ0v) is 11.1. The Morgan fingerprint density at radius 1 is 0.947 bits per heavy atom. The molecule has 0 radical (unpaired) electrons. The van der Waals surface area contributed by atoms with Gasteiger partial charge in [0.05, 0.1) is 11.5 Å². The van der Waals surface area contributed by atoms with E-state index in [1.807, 2.05) is 12.1 Å². The zero-order valence-electron chi connectivity index (χ0n) is 10.3. The summed E-state index contributed by atoms with van der Waals surface area (Å²) in [5.41, 5.74) is 7.24. The van der Waals surface area contributed by atoms with Gasteiger partial charge >= 0.3 is 0 Å². The van der Waals surface area contributed by atoms with Crippen LogP contribution in [0.15, 0.2) is 59.5 Å². The van der Waals surface area contributed by atoms with E-state index in [0.29, 0.717) is 12.1 Å². The second kappa shape index (κ2) is 5.86. The molecule has 0 saturated heterocycles. The average molecular weight is 277 g/mol. The minimum Gasteiger partial charge on any atom is -0.399 e. The minimum atomic E-state index is -3.66. The molecule has 0 aliphatic carbocycles. The number of hydrogen-bond donors (Lipinski definition) is 1. The van der Waals surface area contributed by atoms with E-state index in [2.05, 4.69) is 0 Å². The van der Waals surface area contributed by atoms with Gasteiger partial charge in [0.2, 0.25) is 0 Å². The molecular formula is C14H15NO3S. The largest absolute Gasteiger partial charge is 0.399 e. The van der Waals surface area contributed by atoms with E-state index >= 15 is 0 Å². The highest BCUT2D eigenvalue weighted by molar-refractivity contribution is 7.86. The van der Waals surface area contributed by atoms with Crippen molar-refractivity contribution in [3.05, 3.63) is 60.2 Å². The van der Waals surface area contributed by atoms with E-state index in [9.17, 15) is 8.42 Å². The molecule has 2 rings (SSSR count). The fourth-order valence-electron chi connectivity index (χ4n) is 1.61. The monoisotopic (exact) mass is 277 g/mol. The summed E-state index contributed by atoms with van der Waals surface area (Å²) >= 11 is 0. The van der Waals surface area contributed by atoms with Crippen LogP contribution in [0.25, 0.3) is 0 Å². The first-order valence-electron chi connectivity index (χ1n) is 5.87. The number of nitrogens with two attached hydrogens (primary N) is 1. The smallest absolute Gasteiger partial charge is 0.296 e. The molecule has 0 fully saturated rings. The quantitative estimate of drug-likeness (QED) is 0.672. The SMILES string of the molecule is Nc1ccc(CCOS(=O)(=O)c2ccccc2)cc1. The Morgan fingerprint density at radius 3 is 2.21 bits per heavy atom. The Labute approximate surface area is 113 Å². The lowest BCUT2D eigenvalue weighted by molar-refractivity contribution is 0.322. The summed E-state index contributed by atoms with van der Waals surface area (Å²) in [5, 5.41) is 0. The molecule has 100 valence electrons. The molecule has 19 heavy (non-hydrogen) atoms. The van der Waals surface area contributed by atoms with Gasteiger partial charge in [-0.3, -0.25) is 4.18 Å². The minimum absolute atomic E-state index is 0.112. The van der Waals surface area contributed by atoms with Crippen molar-refractivity contribution >= 4 is 15.8 Å². The van der Waals surface area contributed by atoms with Gasteiger partial charge in [0.1, 0.15) is 0 Å². The highest BCUT2D eigenvalue weighted by Crippen LogP contribution is 2.12. The lowest BCUT2D eigenvalue weighted by Gasteiger charge is -2.05. The maximum atomic E-state index is 11.8. The van der Waals surface area contributed by atoms with Crippen LogP contribution in [0.1, 0.15) is 5.56 Å². The van der Waals surface area contributed by atoms with E-state index in [-0.39, 0.29) is 11.5 Å². The molecule has 4 nitrogen and oxygen atoms in total. The molecule has 0 amide bonds. The maximum absolute atomic E-state index is 11.8. The van der Waals surface area contributed by atoms with Crippen LogP contribution in [0.4, 0.5) is 5.69 Å². The number of benzene rings is 2. The van der Waals surface area contributed by atoms with Crippen LogP contribution in [-0.4, -0.2) is 15.0 Å². The molecule has 0 atom stereocenters. The van der Waals surface area contributed by atoms with Crippen molar-refractivity contribution in [2.24, 2.45) is 0 Å². The normalized spacial score (nSPS) is 11.4. The van der Waals surface area contributed by atoms with Crippen LogP contribution in [0.2, 0.25) is 0 Å². The highest BCUT2D eigenvalue weighted by Gasteiger charge is 2.13. The Kier molecular flexibility index (Phi) is 4.19. The van der Waals surface area contributed by atoms with E-state index in [1.54, 1.807) is 30.3 Å². The number of rotatable bonds is 5. The van der Waals surface area contributed by atoms with Crippen LogP contribution in [0.5, 0.6) is 0 Å². The second-order valence-electron chi connectivity index (χ2n) is 4.08. The molecular weight excluding hydrogens is 262 g/mol. The van der Waals surface area contributed by atoms with Gasteiger partial charge in [-0.25, -0.2) is 0 Å². The third kappa shape index (κ3) is 3.81. The van der Waals surface area contributed by atoms with Crippen molar-refractivity contribution < 1.29 is 12.6 Å². The zero-order chi connectivity index (χ0) is 13.7. The summed E-state index contributed by atoms with van der Waals surface area (Å²) in [6.45, 7) is 0.112. The van der Waals surface area contributed by atoms with Crippen LogP contribution in [-0.2, 0) is 20.7 Å². The van der Waals surface area contributed by atoms with Crippen LogP contribution < -0.4 is 5.73 Å². The van der Waals surface area contributed by atoms with Gasteiger partial charge in [0, 0.05) is 5.69 Å². The van der Waals surface area contributed by atoms with Crippen LogP contribution >= 0.6 is 0 Å². The molecule has 0 aliphatic heterocycles. The Bertz CT molecular complexity index is 622. The van der Waals surface area contributed by atoms with Gasteiger partial charge in [-0.05, 0) is 36.2 Å². The van der Waals surface area contributed by atoms with Gasteiger partial charge in [-0.15, -0.1) is 0 Å². The van der Waals surface area contributed by atoms with Gasteiger partial charge in [-0.1, -0.05) is 30.3 Å². The molecule has 0 aromatic heterocycles. The van der Waals surface area contributed by atoms with Crippen molar-refractivity contribution in [1.82, 2.24) is 0 Å². The molecule has 0 spiro atoms. The van der Waals surface area contributed by atoms with Gasteiger partial charge in [0.25, 0.3) is 10.1 Å². The first-order valence-corrected chi connectivity index (χ1v) is 7.28. The summed E-state index contributed by atoms with van der Waals surface area (Å²) in [5.74, 6) is 0. The first kappa shape index (κ1) is 13.6. The summed E-state index contributed by atoms with van der Waals surface area (Å²) in [7, 11) is -3.66. The van der Waals surface area contributed by atoms with Crippen LogP contribution in [0, 0.1) is 0 Å². The summed E-state index contributed by atoms with van der Waals surface area (Å²) in [6.07, 6.45) is 0.520. The number of nitrogen functional groups attached to an aromatic ring is 1. The standard InChI is InChI=1S/C14H15NO3S/c15-13-8-6-12(7-9-13)10-11-18-19(16,17)14-4-2-1-3-5-14/h1-9H,10-11,15H2. The lowest BCUT2D eigenvalue weighted by atomic mass is 10.1. The van der Waals surface area contributed by atoms with Crippen molar-refractivity contribution in [2.45, 2.75) is 11.3 Å². The van der Waals surface area contributed by atoms with Crippen molar-refractivity contribution in [1.29, 1.82) is 0 Å². The molecule has 2 N–H and O–H groups in total. The predicted octanol–water partition coefficient (Wildman–Crippen LogP) is 2.22. The Morgan fingerprint density at radius 2 is 1.58 bits per heavy atom. The van der Waals surface area contributed by atoms with Gasteiger partial charge in [0.15, 0.2) is 0 Å². The number of anilines is 1. The van der Waals surface area contributed by atoms with E-state index < -0.39 is 10.1 Å². The predicted molar refractivity (Wildman–Crippen MR) is 74.1 cm³/mol. The molecule has 0 unspecified atom stereocenters. The van der Waals surface area contributed by atoms with Crippen LogP contribution in [0.3, 0.4) is 0 Å². The van der Waals surface area contributed by atoms with E-state index in [1.165, 1.54) is 12.1 Å². The second-order valence-corrected chi connectivity index (χ2v) is 5.70. The Hall–Kier alpha value is -1.85. The fraction of sp³-hybridized carbons (Fsp3) is 0.143. The molecule has 0 aliphatic rings. The third-order valence-corrected chi connectivity index (χ3v) is 3.97. The number of hydrogen-bond acceptors (Lipinski definition) is 4. The van der Waals surface area contributed by atoms with Gasteiger partial charge < -0.3 is 5.73 Å². The summed E-state index contributed by atoms with van der Waals surface area (Å²) in [4.78, 5) is 0.173. The molecule has 0 saturated carbocycles. The Balaban J connectivity index is 1.94. The van der Waals surface area contributed by atoms with E-state index in [4.69, 9.17) is 9.92 Å². The van der Waals surface area contributed by atoms with E-state index in [0.717, 1.165) is 5.56 Å². The fourth-order valence-corrected chi connectivity index (χ4v) is 2.54. The first-order chi connectivity index (χ1) is 9.08. The summed E-state index contributed by atoms with van der Waals surface area (Å²) in [6, 6.07) is 15.4. The van der Waals surface area contributed by atoms with Crippen molar-refractivity contribution in [3.8, 4) is 0 Å². The molecule has 0 bridgehead atoms. The molecule has 2 aromatic carbocycles. The highest BCUT2D eigenvalue weighted by atomic mass is 32.2. The van der Waals surface area contributed by atoms with Crippen molar-refractivity contribution in [2.75, 3.05) is 12.3 Å². The average Bonchev–Trinajstić information content (AvgIpc) is 2.42. The lowest BCUT2D eigenvalue weighted by Crippen LogP contribution is -2.09. The van der Waals surface area contributed by atoms with Crippen molar-refractivity contribution in [3.63, 3.8) is 0 Å². The maximum Gasteiger partial charge on any atom is 0.296 e. The molecule has 5 heteroatoms. The third-order valence-electron chi connectivity index (χ3n) is 2.64. The molecule has 0 heterocycles. The summed E-state index contributed by atoms with van der Waals surface area (Å²) < 4.78 is 28.7. The topological polar surface area (TPSA) is 69.4 Å². The molecule has 2 aromatic rings. The van der Waals surface area contributed by atoms with Gasteiger partial charge in [-0.2, -0.15) is 8.42 Å².